The molecule has 1 atom stereocenters. The zero-order chi connectivity index (χ0) is 13.7. The topological polar surface area (TPSA) is 39.2 Å². The van der Waals surface area contributed by atoms with Crippen LogP contribution in [0.5, 0.6) is 5.75 Å². The Balaban J connectivity index is 2.25. The molecule has 0 amide bonds. The average Bonchev–Trinajstić information content (AvgIpc) is 2.49. The van der Waals surface area contributed by atoms with Crippen LogP contribution in [0.4, 0.5) is 0 Å². The third-order valence-corrected chi connectivity index (χ3v) is 3.31. The van der Waals surface area contributed by atoms with Crippen LogP contribution in [-0.4, -0.2) is 18.4 Å². The van der Waals surface area contributed by atoms with Gasteiger partial charge in [0.05, 0.1) is 12.5 Å². The summed E-state index contributed by atoms with van der Waals surface area (Å²) >= 11 is 0. The molecule has 98 valence electrons. The summed E-state index contributed by atoms with van der Waals surface area (Å²) < 4.78 is 5.13. The van der Waals surface area contributed by atoms with E-state index in [1.165, 1.54) is 0 Å². The minimum absolute atomic E-state index is 0.553. The van der Waals surface area contributed by atoms with E-state index in [1.807, 2.05) is 43.3 Å². The van der Waals surface area contributed by atoms with Crippen molar-refractivity contribution < 1.29 is 9.53 Å². The number of carbonyl (C=O) groups excluding carboxylic acids is 1. The van der Waals surface area contributed by atoms with Gasteiger partial charge in [0.25, 0.3) is 0 Å². The normalized spacial score (nSPS) is 13.6. The highest BCUT2D eigenvalue weighted by molar-refractivity contribution is 5.68. The molecule has 0 saturated carbocycles. The number of methoxy groups -OCH3 is 1. The number of hydrogen-bond donors (Lipinski definition) is 0. The van der Waals surface area contributed by atoms with Crippen LogP contribution in [0.25, 0.3) is 0 Å². The lowest BCUT2D eigenvalue weighted by Crippen LogP contribution is -2.26. The lowest BCUT2D eigenvalue weighted by Gasteiger charge is -2.23. The Bertz CT molecular complexity index is 536. The Morgan fingerprint density at radius 3 is 2.53 bits per heavy atom. The highest BCUT2D eigenvalue weighted by Gasteiger charge is 2.26. The minimum Gasteiger partial charge on any atom is -0.497 e. The second kappa shape index (κ2) is 5.65. The van der Waals surface area contributed by atoms with Crippen LogP contribution in [0.1, 0.15) is 18.1 Å². The number of aromatic nitrogens is 1. The molecule has 0 aliphatic heterocycles. The summed E-state index contributed by atoms with van der Waals surface area (Å²) in [6, 6.07) is 11.6. The van der Waals surface area contributed by atoms with Crippen molar-refractivity contribution >= 4 is 6.29 Å². The standard InChI is InChI=1S/C16H17NO2/c1-16(12-18,14-4-3-9-17-11-14)10-13-5-7-15(19-2)8-6-13/h3-9,11-12H,10H2,1-2H3. The summed E-state index contributed by atoms with van der Waals surface area (Å²) in [6.45, 7) is 1.93. The molecule has 3 nitrogen and oxygen atoms in total. The van der Waals surface area contributed by atoms with Gasteiger partial charge in [-0.25, -0.2) is 0 Å². The summed E-state index contributed by atoms with van der Waals surface area (Å²) in [7, 11) is 1.64. The fourth-order valence-electron chi connectivity index (χ4n) is 2.08. The van der Waals surface area contributed by atoms with E-state index in [4.69, 9.17) is 4.74 Å². The van der Waals surface area contributed by atoms with Gasteiger partial charge in [0.15, 0.2) is 0 Å². The zero-order valence-electron chi connectivity index (χ0n) is 11.2. The van der Waals surface area contributed by atoms with Crippen molar-refractivity contribution in [2.45, 2.75) is 18.8 Å². The molecule has 0 saturated heterocycles. The SMILES string of the molecule is COc1ccc(CC(C)(C=O)c2cccnc2)cc1. The molecule has 1 aromatic carbocycles. The largest absolute Gasteiger partial charge is 0.497 e. The van der Waals surface area contributed by atoms with Gasteiger partial charge in [-0.15, -0.1) is 0 Å². The van der Waals surface area contributed by atoms with Crippen LogP contribution in [0.2, 0.25) is 0 Å². The van der Waals surface area contributed by atoms with Crippen LogP contribution in [0.15, 0.2) is 48.8 Å². The summed E-state index contributed by atoms with van der Waals surface area (Å²) in [4.78, 5) is 15.6. The molecule has 0 fully saturated rings. The second-order valence-corrected chi connectivity index (χ2v) is 4.80. The molecule has 0 aliphatic carbocycles. The Kier molecular flexibility index (Phi) is 3.95. The summed E-state index contributed by atoms with van der Waals surface area (Å²) in [5.41, 5.74) is 1.48. The van der Waals surface area contributed by atoms with Crippen molar-refractivity contribution in [3.8, 4) is 5.75 Å². The van der Waals surface area contributed by atoms with Gasteiger partial charge >= 0.3 is 0 Å². The molecule has 2 rings (SSSR count). The van der Waals surface area contributed by atoms with Crippen LogP contribution >= 0.6 is 0 Å². The molecule has 19 heavy (non-hydrogen) atoms. The Morgan fingerprint density at radius 2 is 2.00 bits per heavy atom. The number of carbonyl (C=O) groups is 1. The number of pyridine rings is 1. The van der Waals surface area contributed by atoms with Gasteiger partial charge < -0.3 is 9.53 Å². The fourth-order valence-corrected chi connectivity index (χ4v) is 2.08. The Hall–Kier alpha value is -2.16. The molecule has 0 bridgehead atoms. The highest BCUT2D eigenvalue weighted by Crippen LogP contribution is 2.26. The van der Waals surface area contributed by atoms with E-state index in [9.17, 15) is 4.79 Å². The van der Waals surface area contributed by atoms with Gasteiger partial charge in [-0.2, -0.15) is 0 Å². The minimum atomic E-state index is -0.553. The van der Waals surface area contributed by atoms with Crippen molar-refractivity contribution in [1.82, 2.24) is 4.98 Å². The fraction of sp³-hybridized carbons (Fsp3) is 0.250. The van der Waals surface area contributed by atoms with E-state index >= 15 is 0 Å². The summed E-state index contributed by atoms with van der Waals surface area (Å²) in [5.74, 6) is 0.818. The molecular formula is C16H17NO2. The van der Waals surface area contributed by atoms with E-state index in [-0.39, 0.29) is 0 Å². The zero-order valence-corrected chi connectivity index (χ0v) is 11.2. The molecule has 1 unspecified atom stereocenters. The Morgan fingerprint density at radius 1 is 1.26 bits per heavy atom. The quantitative estimate of drug-likeness (QED) is 0.771. The Labute approximate surface area is 113 Å². The predicted molar refractivity (Wildman–Crippen MR) is 74.4 cm³/mol. The monoisotopic (exact) mass is 255 g/mol. The molecule has 1 aromatic heterocycles. The molecule has 2 aromatic rings. The van der Waals surface area contributed by atoms with E-state index in [0.717, 1.165) is 23.2 Å². The van der Waals surface area contributed by atoms with Gasteiger partial charge in [0, 0.05) is 12.4 Å². The molecular weight excluding hydrogens is 238 g/mol. The number of hydrogen-bond acceptors (Lipinski definition) is 3. The first kappa shape index (κ1) is 13.3. The molecule has 0 spiro atoms. The maximum absolute atomic E-state index is 11.5. The van der Waals surface area contributed by atoms with Crippen molar-refractivity contribution in [3.05, 3.63) is 59.9 Å². The van der Waals surface area contributed by atoms with Crippen LogP contribution in [0.3, 0.4) is 0 Å². The van der Waals surface area contributed by atoms with E-state index in [1.54, 1.807) is 19.5 Å². The number of nitrogens with zero attached hydrogens (tertiary/aromatic N) is 1. The van der Waals surface area contributed by atoms with Crippen molar-refractivity contribution in [3.63, 3.8) is 0 Å². The van der Waals surface area contributed by atoms with Gasteiger partial charge in [0.1, 0.15) is 12.0 Å². The first-order valence-electron chi connectivity index (χ1n) is 6.18. The van der Waals surface area contributed by atoms with E-state index in [0.29, 0.717) is 6.42 Å². The van der Waals surface area contributed by atoms with Crippen LogP contribution in [0, 0.1) is 0 Å². The van der Waals surface area contributed by atoms with Gasteiger partial charge in [-0.05, 0) is 42.7 Å². The second-order valence-electron chi connectivity index (χ2n) is 4.80. The van der Waals surface area contributed by atoms with Crippen molar-refractivity contribution in [2.24, 2.45) is 0 Å². The lowest BCUT2D eigenvalue weighted by atomic mass is 9.79. The van der Waals surface area contributed by atoms with Gasteiger partial charge in [0.2, 0.25) is 0 Å². The molecule has 3 heteroatoms. The molecule has 0 radical (unpaired) electrons. The van der Waals surface area contributed by atoms with Crippen molar-refractivity contribution in [1.29, 1.82) is 0 Å². The average molecular weight is 255 g/mol. The third-order valence-electron chi connectivity index (χ3n) is 3.31. The maximum Gasteiger partial charge on any atom is 0.130 e. The number of ether oxygens (including phenoxy) is 1. The lowest BCUT2D eigenvalue weighted by molar-refractivity contribution is -0.112. The number of benzene rings is 1. The summed E-state index contributed by atoms with van der Waals surface area (Å²) in [5, 5.41) is 0. The van der Waals surface area contributed by atoms with Crippen molar-refractivity contribution in [2.75, 3.05) is 7.11 Å². The van der Waals surface area contributed by atoms with E-state index in [2.05, 4.69) is 4.98 Å². The molecule has 0 N–H and O–H groups in total. The smallest absolute Gasteiger partial charge is 0.130 e. The highest BCUT2D eigenvalue weighted by atomic mass is 16.5. The molecule has 1 heterocycles. The third kappa shape index (κ3) is 2.99. The maximum atomic E-state index is 11.5. The number of aldehydes is 1. The number of rotatable bonds is 5. The van der Waals surface area contributed by atoms with Gasteiger partial charge in [-0.1, -0.05) is 18.2 Å². The first-order valence-corrected chi connectivity index (χ1v) is 6.18. The van der Waals surface area contributed by atoms with E-state index < -0.39 is 5.41 Å². The predicted octanol–water partition coefficient (Wildman–Crippen LogP) is 2.79. The van der Waals surface area contributed by atoms with Gasteiger partial charge in [-0.3, -0.25) is 4.98 Å². The summed E-state index contributed by atoms with van der Waals surface area (Å²) in [6.07, 6.45) is 5.10. The first-order chi connectivity index (χ1) is 9.18. The molecule has 0 aliphatic rings. The van der Waals surface area contributed by atoms with Crippen LogP contribution < -0.4 is 4.74 Å². The van der Waals surface area contributed by atoms with Crippen LogP contribution in [-0.2, 0) is 16.6 Å².